The highest BCUT2D eigenvalue weighted by Crippen LogP contribution is 2.29. The van der Waals surface area contributed by atoms with Gasteiger partial charge in [-0.2, -0.15) is 0 Å². The molecule has 0 amide bonds. The normalized spacial score (nSPS) is 10.6. The van der Waals surface area contributed by atoms with Crippen LogP contribution in [0.4, 0.5) is 0 Å². The molecule has 2 rings (SSSR count). The number of aliphatic carboxylic acids is 1. The lowest BCUT2D eigenvalue weighted by Gasteiger charge is -2.01. The monoisotopic (exact) mass is 218 g/mol. The van der Waals surface area contributed by atoms with Crippen molar-refractivity contribution in [2.75, 3.05) is 7.11 Å². The predicted octanol–water partition coefficient (Wildman–Crippen LogP) is 1.84. The maximum absolute atomic E-state index is 10.7. The third-order valence-electron chi connectivity index (χ3n) is 2.50. The van der Waals surface area contributed by atoms with Crippen LogP contribution in [0.2, 0.25) is 0 Å². The molecule has 4 nitrogen and oxygen atoms in total. The van der Waals surface area contributed by atoms with Gasteiger partial charge < -0.3 is 14.4 Å². The fraction of sp³-hybridized carbons (Fsp3) is 0.250. The number of carbonyl (C=O) groups is 1. The van der Waals surface area contributed by atoms with Crippen LogP contribution in [-0.2, 0) is 11.3 Å². The average Bonchev–Trinajstić information content (AvgIpc) is 2.57. The first-order valence-corrected chi connectivity index (χ1v) is 4.90. The minimum absolute atomic E-state index is 0.108. The van der Waals surface area contributed by atoms with E-state index < -0.39 is 5.97 Å². The van der Waals surface area contributed by atoms with Crippen molar-refractivity contribution >= 4 is 16.9 Å². The fourth-order valence-corrected chi connectivity index (χ4v) is 1.82. The van der Waals surface area contributed by atoms with Gasteiger partial charge in [-0.05, 0) is 18.6 Å². The van der Waals surface area contributed by atoms with E-state index >= 15 is 0 Å². The number of ether oxygens (including phenoxy) is 1. The SMILES string of the molecule is COc1[c]n(CC(=O)O)c2cccc(C)c12. The fourth-order valence-electron chi connectivity index (χ4n) is 1.82. The van der Waals surface area contributed by atoms with Crippen molar-refractivity contribution < 1.29 is 14.6 Å². The second-order valence-corrected chi connectivity index (χ2v) is 3.59. The zero-order valence-corrected chi connectivity index (χ0v) is 9.15. The van der Waals surface area contributed by atoms with Crippen LogP contribution in [0.5, 0.6) is 5.75 Å². The summed E-state index contributed by atoms with van der Waals surface area (Å²) in [5.74, 6) is -0.299. The Bertz CT molecular complexity index is 542. The summed E-state index contributed by atoms with van der Waals surface area (Å²) in [6.07, 6.45) is 2.93. The molecule has 1 heterocycles. The molecule has 0 fully saturated rings. The lowest BCUT2D eigenvalue weighted by atomic mass is 10.1. The molecule has 0 aliphatic carbocycles. The quantitative estimate of drug-likeness (QED) is 0.855. The second-order valence-electron chi connectivity index (χ2n) is 3.59. The van der Waals surface area contributed by atoms with Crippen molar-refractivity contribution in [2.45, 2.75) is 13.5 Å². The van der Waals surface area contributed by atoms with Crippen LogP contribution in [-0.4, -0.2) is 22.8 Å². The number of carboxylic acids is 1. The van der Waals surface area contributed by atoms with Gasteiger partial charge in [0.1, 0.15) is 12.7 Å². The Morgan fingerprint density at radius 2 is 2.31 bits per heavy atom. The van der Waals surface area contributed by atoms with E-state index in [-0.39, 0.29) is 6.54 Å². The molecule has 0 spiro atoms. The Balaban J connectivity index is 2.68. The number of carboxylic acid groups (broad SMARTS) is 1. The number of hydrogen-bond acceptors (Lipinski definition) is 2. The number of aromatic nitrogens is 1. The minimum atomic E-state index is -0.891. The zero-order chi connectivity index (χ0) is 11.7. The molecule has 1 aromatic carbocycles. The van der Waals surface area contributed by atoms with E-state index in [1.54, 1.807) is 11.7 Å². The van der Waals surface area contributed by atoms with Gasteiger partial charge in [0.05, 0.1) is 12.6 Å². The zero-order valence-electron chi connectivity index (χ0n) is 9.15. The van der Waals surface area contributed by atoms with Crippen molar-refractivity contribution in [3.8, 4) is 5.75 Å². The van der Waals surface area contributed by atoms with Crippen molar-refractivity contribution in [1.29, 1.82) is 0 Å². The van der Waals surface area contributed by atoms with Crippen LogP contribution in [0.15, 0.2) is 18.2 Å². The van der Waals surface area contributed by atoms with Crippen LogP contribution < -0.4 is 4.74 Å². The van der Waals surface area contributed by atoms with E-state index in [4.69, 9.17) is 9.84 Å². The number of rotatable bonds is 3. The van der Waals surface area contributed by atoms with Gasteiger partial charge in [-0.25, -0.2) is 0 Å². The number of hydrogen-bond donors (Lipinski definition) is 1. The molecule has 1 radical (unpaired) electrons. The molecule has 0 atom stereocenters. The number of aryl methyl sites for hydroxylation is 1. The molecule has 2 aromatic rings. The predicted molar refractivity (Wildman–Crippen MR) is 59.7 cm³/mol. The molecule has 83 valence electrons. The highest BCUT2D eigenvalue weighted by molar-refractivity contribution is 5.90. The van der Waals surface area contributed by atoms with Crippen LogP contribution in [0.3, 0.4) is 0 Å². The summed E-state index contributed by atoms with van der Waals surface area (Å²) in [5.41, 5.74) is 1.88. The molecule has 0 aliphatic rings. The summed E-state index contributed by atoms with van der Waals surface area (Å²) in [5, 5.41) is 9.72. The Morgan fingerprint density at radius 1 is 1.56 bits per heavy atom. The summed E-state index contributed by atoms with van der Waals surface area (Å²) in [6, 6.07) is 5.72. The third-order valence-corrected chi connectivity index (χ3v) is 2.50. The topological polar surface area (TPSA) is 51.5 Å². The molecule has 4 heteroatoms. The Labute approximate surface area is 93.1 Å². The van der Waals surface area contributed by atoms with Crippen molar-refractivity contribution in [3.63, 3.8) is 0 Å². The molecule has 0 bridgehead atoms. The van der Waals surface area contributed by atoms with E-state index in [0.29, 0.717) is 5.75 Å². The highest BCUT2D eigenvalue weighted by atomic mass is 16.5. The van der Waals surface area contributed by atoms with Crippen molar-refractivity contribution in [3.05, 3.63) is 30.0 Å². The maximum Gasteiger partial charge on any atom is 0.323 e. The van der Waals surface area contributed by atoms with Crippen LogP contribution in [0, 0.1) is 13.1 Å². The standard InChI is InChI=1S/C12H12NO3/c1-8-4-3-5-9-12(8)10(16-2)6-13(9)7-11(14)15/h3-5H,7H2,1-2H3,(H,14,15). The van der Waals surface area contributed by atoms with Gasteiger partial charge in [0.25, 0.3) is 0 Å². The Hall–Kier alpha value is -1.97. The van der Waals surface area contributed by atoms with Gasteiger partial charge in [-0.15, -0.1) is 0 Å². The summed E-state index contributed by atoms with van der Waals surface area (Å²) >= 11 is 0. The molecule has 1 aromatic heterocycles. The van der Waals surface area contributed by atoms with Crippen LogP contribution in [0.1, 0.15) is 5.56 Å². The molecular formula is C12H12NO3. The lowest BCUT2D eigenvalue weighted by molar-refractivity contribution is -0.137. The summed E-state index contributed by atoms with van der Waals surface area (Å²) in [6.45, 7) is 1.85. The number of nitrogens with zero attached hydrogens (tertiary/aromatic N) is 1. The van der Waals surface area contributed by atoms with Gasteiger partial charge in [-0.3, -0.25) is 4.79 Å². The highest BCUT2D eigenvalue weighted by Gasteiger charge is 2.13. The molecule has 1 N–H and O–H groups in total. The number of fused-ring (bicyclic) bond motifs is 1. The lowest BCUT2D eigenvalue weighted by Crippen LogP contribution is -2.07. The van der Waals surface area contributed by atoms with Gasteiger partial charge in [-0.1, -0.05) is 12.1 Å². The van der Waals surface area contributed by atoms with Gasteiger partial charge in [0, 0.05) is 5.39 Å². The van der Waals surface area contributed by atoms with E-state index in [0.717, 1.165) is 16.5 Å². The second kappa shape index (κ2) is 3.89. The van der Waals surface area contributed by atoms with Crippen molar-refractivity contribution in [1.82, 2.24) is 4.57 Å². The van der Waals surface area contributed by atoms with E-state index in [9.17, 15) is 4.79 Å². The molecule has 16 heavy (non-hydrogen) atoms. The molecular weight excluding hydrogens is 206 g/mol. The van der Waals surface area contributed by atoms with E-state index in [1.807, 2.05) is 25.1 Å². The van der Waals surface area contributed by atoms with Gasteiger partial charge >= 0.3 is 5.97 Å². The number of benzene rings is 1. The molecule has 0 unspecified atom stereocenters. The van der Waals surface area contributed by atoms with Crippen LogP contribution in [0.25, 0.3) is 10.9 Å². The first-order chi connectivity index (χ1) is 7.63. The first-order valence-electron chi connectivity index (χ1n) is 4.90. The molecule has 0 aliphatic heterocycles. The first kappa shape index (κ1) is 10.5. The smallest absolute Gasteiger partial charge is 0.323 e. The summed E-state index contributed by atoms with van der Waals surface area (Å²) in [4.78, 5) is 10.7. The number of methoxy groups -OCH3 is 1. The third kappa shape index (κ3) is 1.62. The minimum Gasteiger partial charge on any atom is -0.494 e. The summed E-state index contributed by atoms with van der Waals surface area (Å²) in [7, 11) is 1.56. The average molecular weight is 218 g/mol. The van der Waals surface area contributed by atoms with Gasteiger partial charge in [0.15, 0.2) is 5.75 Å². The Morgan fingerprint density at radius 3 is 2.94 bits per heavy atom. The molecule has 0 saturated carbocycles. The Kier molecular flexibility index (Phi) is 2.56. The maximum atomic E-state index is 10.7. The largest absolute Gasteiger partial charge is 0.494 e. The van der Waals surface area contributed by atoms with Crippen LogP contribution >= 0.6 is 0 Å². The van der Waals surface area contributed by atoms with E-state index in [2.05, 4.69) is 6.20 Å². The van der Waals surface area contributed by atoms with Gasteiger partial charge in [0.2, 0.25) is 0 Å². The van der Waals surface area contributed by atoms with E-state index in [1.165, 1.54) is 0 Å². The summed E-state index contributed by atoms with van der Waals surface area (Å²) < 4.78 is 6.76. The van der Waals surface area contributed by atoms with Crippen molar-refractivity contribution in [2.24, 2.45) is 0 Å². The molecule has 0 saturated heterocycles.